The first-order valence-corrected chi connectivity index (χ1v) is 4.03. The van der Waals surface area contributed by atoms with Crippen molar-refractivity contribution in [2.75, 3.05) is 13.2 Å². The lowest BCUT2D eigenvalue weighted by Gasteiger charge is -2.17. The van der Waals surface area contributed by atoms with Crippen LogP contribution < -0.4 is 0 Å². The number of carbonyl (C=O) groups excluding carboxylic acids is 1. The zero-order valence-electron chi connectivity index (χ0n) is 8.22. The smallest absolute Gasteiger partial charge is 0.434 e. The van der Waals surface area contributed by atoms with Gasteiger partial charge in [0.25, 0.3) is 0 Å². The Labute approximate surface area is 74.0 Å². The van der Waals surface area contributed by atoms with Crippen LogP contribution in [0.3, 0.4) is 0 Å². The number of rotatable bonds is 3. The van der Waals surface area contributed by atoms with Crippen molar-refractivity contribution < 1.29 is 14.3 Å². The van der Waals surface area contributed by atoms with Crippen LogP contribution in [0.5, 0.6) is 0 Å². The monoisotopic (exact) mass is 173 g/mol. The summed E-state index contributed by atoms with van der Waals surface area (Å²) in [6.45, 7) is 8.49. The summed E-state index contributed by atoms with van der Waals surface area (Å²) in [4.78, 5) is 10.8. The van der Waals surface area contributed by atoms with E-state index in [2.05, 4.69) is 4.74 Å². The summed E-state index contributed by atoms with van der Waals surface area (Å²) < 4.78 is 9.50. The summed E-state index contributed by atoms with van der Waals surface area (Å²) >= 11 is 0. The first-order valence-electron chi connectivity index (χ1n) is 4.03. The number of ether oxygens (including phenoxy) is 2. The van der Waals surface area contributed by atoms with Crippen molar-refractivity contribution in [1.82, 2.24) is 0 Å². The third-order valence-corrected chi connectivity index (χ3v) is 0.991. The largest absolute Gasteiger partial charge is 0.508 e. The highest BCUT2D eigenvalue weighted by molar-refractivity contribution is 5.59. The van der Waals surface area contributed by atoms with Crippen LogP contribution in [0.1, 0.15) is 27.7 Å². The SMILES string of the molecule is C[CH]COC(=O)OCC(C)(C)C. The summed E-state index contributed by atoms with van der Waals surface area (Å²) in [5.41, 5.74) is -0.00501. The van der Waals surface area contributed by atoms with Gasteiger partial charge in [-0.25, -0.2) is 4.79 Å². The molecule has 0 fully saturated rings. The summed E-state index contributed by atoms with van der Waals surface area (Å²) in [5.74, 6) is 0. The molecule has 0 heterocycles. The quantitative estimate of drug-likeness (QED) is 0.615. The predicted molar refractivity (Wildman–Crippen MR) is 46.7 cm³/mol. The molecular formula is C9H17O3. The highest BCUT2D eigenvalue weighted by atomic mass is 16.7. The van der Waals surface area contributed by atoms with Gasteiger partial charge in [-0.2, -0.15) is 0 Å². The van der Waals surface area contributed by atoms with Gasteiger partial charge in [-0.1, -0.05) is 27.7 Å². The van der Waals surface area contributed by atoms with Gasteiger partial charge in [-0.15, -0.1) is 0 Å². The molecular weight excluding hydrogens is 156 g/mol. The Kier molecular flexibility index (Phi) is 4.71. The van der Waals surface area contributed by atoms with Crippen molar-refractivity contribution >= 4 is 6.16 Å². The Balaban J connectivity index is 3.44. The summed E-state index contributed by atoms with van der Waals surface area (Å²) in [6.07, 6.45) is 1.15. The van der Waals surface area contributed by atoms with Gasteiger partial charge in [-0.3, -0.25) is 0 Å². The topological polar surface area (TPSA) is 35.5 Å². The van der Waals surface area contributed by atoms with E-state index in [0.717, 1.165) is 0 Å². The molecule has 0 atom stereocenters. The minimum absolute atomic E-state index is 0.00501. The average Bonchev–Trinajstić information content (AvgIpc) is 1.95. The van der Waals surface area contributed by atoms with Crippen molar-refractivity contribution in [1.29, 1.82) is 0 Å². The Morgan fingerprint density at radius 2 is 1.92 bits per heavy atom. The molecule has 0 aromatic heterocycles. The van der Waals surface area contributed by atoms with Crippen LogP contribution in [0.4, 0.5) is 4.79 Å². The molecule has 71 valence electrons. The Morgan fingerprint density at radius 1 is 1.33 bits per heavy atom. The fraction of sp³-hybridized carbons (Fsp3) is 0.778. The molecule has 3 nitrogen and oxygen atoms in total. The molecule has 0 saturated carbocycles. The van der Waals surface area contributed by atoms with Gasteiger partial charge < -0.3 is 9.47 Å². The highest BCUT2D eigenvalue weighted by Crippen LogP contribution is 2.12. The summed E-state index contributed by atoms with van der Waals surface area (Å²) in [5, 5.41) is 0. The van der Waals surface area contributed by atoms with Crippen molar-refractivity contribution in [3.05, 3.63) is 6.42 Å². The van der Waals surface area contributed by atoms with E-state index in [0.29, 0.717) is 13.2 Å². The lowest BCUT2D eigenvalue weighted by atomic mass is 9.99. The second-order valence-electron chi connectivity index (χ2n) is 3.82. The lowest BCUT2D eigenvalue weighted by Crippen LogP contribution is -2.19. The van der Waals surface area contributed by atoms with Gasteiger partial charge in [-0.05, 0) is 11.8 Å². The second-order valence-corrected chi connectivity index (χ2v) is 3.82. The fourth-order valence-corrected chi connectivity index (χ4v) is 0.468. The zero-order chi connectivity index (χ0) is 9.61. The highest BCUT2D eigenvalue weighted by Gasteiger charge is 2.13. The van der Waals surface area contributed by atoms with E-state index in [1.807, 2.05) is 27.7 Å². The molecule has 0 aliphatic heterocycles. The maximum Gasteiger partial charge on any atom is 0.508 e. The summed E-state index contributed by atoms with van der Waals surface area (Å²) in [6, 6.07) is 0. The van der Waals surface area contributed by atoms with E-state index in [1.54, 1.807) is 6.42 Å². The van der Waals surface area contributed by atoms with Crippen molar-refractivity contribution in [2.45, 2.75) is 27.7 Å². The van der Waals surface area contributed by atoms with Crippen LogP contribution in [-0.4, -0.2) is 19.4 Å². The van der Waals surface area contributed by atoms with E-state index in [-0.39, 0.29) is 5.41 Å². The van der Waals surface area contributed by atoms with Crippen molar-refractivity contribution in [3.8, 4) is 0 Å². The molecule has 0 saturated heterocycles. The van der Waals surface area contributed by atoms with Gasteiger partial charge in [0.2, 0.25) is 0 Å². The van der Waals surface area contributed by atoms with E-state index in [4.69, 9.17) is 4.74 Å². The molecule has 0 amide bonds. The molecule has 3 heteroatoms. The predicted octanol–water partition coefficient (Wildman–Crippen LogP) is 2.41. The van der Waals surface area contributed by atoms with Crippen LogP contribution in [0.25, 0.3) is 0 Å². The maximum atomic E-state index is 10.8. The third-order valence-electron chi connectivity index (χ3n) is 0.991. The molecule has 0 aromatic rings. The summed E-state index contributed by atoms with van der Waals surface area (Å²) in [7, 11) is 0. The van der Waals surface area contributed by atoms with E-state index >= 15 is 0 Å². The van der Waals surface area contributed by atoms with E-state index in [9.17, 15) is 4.79 Å². The lowest BCUT2D eigenvalue weighted by molar-refractivity contribution is 0.0378. The first kappa shape index (κ1) is 11.3. The molecule has 0 unspecified atom stereocenters. The van der Waals surface area contributed by atoms with Crippen LogP contribution in [0.2, 0.25) is 0 Å². The van der Waals surface area contributed by atoms with Gasteiger partial charge >= 0.3 is 6.16 Å². The molecule has 0 rings (SSSR count). The van der Waals surface area contributed by atoms with Crippen LogP contribution in [0, 0.1) is 11.8 Å². The maximum absolute atomic E-state index is 10.8. The average molecular weight is 173 g/mol. The molecule has 0 spiro atoms. The second kappa shape index (κ2) is 5.01. The van der Waals surface area contributed by atoms with Gasteiger partial charge in [0.1, 0.15) is 0 Å². The van der Waals surface area contributed by atoms with Crippen LogP contribution >= 0.6 is 0 Å². The minimum atomic E-state index is -0.594. The number of hydrogen-bond acceptors (Lipinski definition) is 3. The van der Waals surface area contributed by atoms with E-state index < -0.39 is 6.16 Å². The minimum Gasteiger partial charge on any atom is -0.434 e. The molecule has 12 heavy (non-hydrogen) atoms. The van der Waals surface area contributed by atoms with Crippen LogP contribution in [0.15, 0.2) is 0 Å². The van der Waals surface area contributed by atoms with Gasteiger partial charge in [0, 0.05) is 0 Å². The molecule has 0 aliphatic rings. The van der Waals surface area contributed by atoms with Gasteiger partial charge in [0.15, 0.2) is 0 Å². The first-order chi connectivity index (χ1) is 5.45. The normalized spacial score (nSPS) is 11.0. The molecule has 0 N–H and O–H groups in total. The van der Waals surface area contributed by atoms with Crippen molar-refractivity contribution in [3.63, 3.8) is 0 Å². The Hall–Kier alpha value is -0.730. The standard InChI is InChI=1S/C9H17O3/c1-5-6-11-8(10)12-7-9(2,3)4/h5H,6-7H2,1-4H3. The Bertz CT molecular complexity index is 135. The molecule has 1 radical (unpaired) electrons. The molecule has 0 aromatic carbocycles. The number of hydrogen-bond donors (Lipinski definition) is 0. The van der Waals surface area contributed by atoms with Gasteiger partial charge in [0.05, 0.1) is 13.2 Å². The molecule has 0 aliphatic carbocycles. The van der Waals surface area contributed by atoms with Crippen LogP contribution in [-0.2, 0) is 9.47 Å². The third kappa shape index (κ3) is 7.38. The number of carbonyl (C=O) groups is 1. The zero-order valence-corrected chi connectivity index (χ0v) is 8.22. The van der Waals surface area contributed by atoms with E-state index in [1.165, 1.54) is 0 Å². The Morgan fingerprint density at radius 3 is 2.33 bits per heavy atom. The molecule has 0 bridgehead atoms. The fourth-order valence-electron chi connectivity index (χ4n) is 0.468. The van der Waals surface area contributed by atoms with Crippen molar-refractivity contribution in [2.24, 2.45) is 5.41 Å².